The third-order valence-corrected chi connectivity index (χ3v) is 3.90. The summed E-state index contributed by atoms with van der Waals surface area (Å²) in [5.74, 6) is 0. The topological polar surface area (TPSA) is 58.8 Å². The number of ether oxygens (including phenoxy) is 1. The monoisotopic (exact) mass is 307 g/mol. The summed E-state index contributed by atoms with van der Waals surface area (Å²) in [6, 6.07) is 5.45. The average molecular weight is 307 g/mol. The van der Waals surface area contributed by atoms with Crippen molar-refractivity contribution < 1.29 is 9.66 Å². The van der Waals surface area contributed by atoms with E-state index in [0.29, 0.717) is 0 Å². The minimum atomic E-state index is -0.287. The number of rotatable bonds is 6. The molecule has 2 rings (SSSR count). The number of benzene rings is 1. The largest absolute Gasteiger partial charge is 0.377 e. The van der Waals surface area contributed by atoms with Gasteiger partial charge in [-0.3, -0.25) is 15.0 Å². The van der Waals surface area contributed by atoms with Gasteiger partial charge in [0.05, 0.1) is 17.6 Å². The zero-order chi connectivity index (χ0) is 16.1. The molecule has 0 spiro atoms. The number of hydrogen-bond donors (Lipinski definition) is 0. The molecule has 1 aliphatic rings. The van der Waals surface area contributed by atoms with E-state index in [1.54, 1.807) is 6.07 Å². The summed E-state index contributed by atoms with van der Waals surface area (Å²) in [6.07, 6.45) is 0.261. The van der Waals surface area contributed by atoms with Crippen LogP contribution in [-0.2, 0) is 4.74 Å². The molecule has 6 nitrogen and oxygen atoms in total. The molecule has 0 amide bonds. The van der Waals surface area contributed by atoms with E-state index in [9.17, 15) is 10.1 Å². The van der Waals surface area contributed by atoms with Crippen LogP contribution >= 0.6 is 0 Å². The van der Waals surface area contributed by atoms with Crippen molar-refractivity contribution >= 4 is 11.4 Å². The molecule has 22 heavy (non-hydrogen) atoms. The molecular formula is C16H25N3O3. The summed E-state index contributed by atoms with van der Waals surface area (Å²) >= 11 is 0. The second kappa shape index (κ2) is 7.56. The Balaban J connectivity index is 1.93. The number of piperazine rings is 1. The van der Waals surface area contributed by atoms with Crippen molar-refractivity contribution in [1.29, 1.82) is 0 Å². The van der Waals surface area contributed by atoms with Gasteiger partial charge in [0.2, 0.25) is 0 Å². The molecule has 0 aliphatic carbocycles. The highest BCUT2D eigenvalue weighted by atomic mass is 16.6. The molecule has 0 aromatic heterocycles. The van der Waals surface area contributed by atoms with Gasteiger partial charge in [-0.15, -0.1) is 0 Å². The Morgan fingerprint density at radius 2 is 1.95 bits per heavy atom. The summed E-state index contributed by atoms with van der Waals surface area (Å²) in [5, 5.41) is 11.2. The predicted molar refractivity (Wildman–Crippen MR) is 87.6 cm³/mol. The highest BCUT2D eigenvalue weighted by Gasteiger charge is 2.23. The van der Waals surface area contributed by atoms with E-state index in [2.05, 4.69) is 9.80 Å². The lowest BCUT2D eigenvalue weighted by Gasteiger charge is -2.35. The average Bonchev–Trinajstić information content (AvgIpc) is 2.47. The molecule has 1 aliphatic heterocycles. The van der Waals surface area contributed by atoms with Crippen LogP contribution in [0, 0.1) is 17.0 Å². The molecule has 0 radical (unpaired) electrons. The number of hydrogen-bond acceptors (Lipinski definition) is 5. The molecule has 1 aromatic carbocycles. The van der Waals surface area contributed by atoms with E-state index in [1.807, 2.05) is 32.9 Å². The van der Waals surface area contributed by atoms with Gasteiger partial charge in [0.15, 0.2) is 0 Å². The number of nitrogens with zero attached hydrogens (tertiary/aromatic N) is 3. The molecule has 122 valence electrons. The first kappa shape index (κ1) is 16.7. The number of aryl methyl sites for hydroxylation is 1. The molecule has 6 heteroatoms. The van der Waals surface area contributed by atoms with E-state index in [-0.39, 0.29) is 16.7 Å². The summed E-state index contributed by atoms with van der Waals surface area (Å²) in [7, 11) is 0. The Kier molecular flexibility index (Phi) is 5.74. The number of nitro benzene ring substituents is 1. The molecule has 0 N–H and O–H groups in total. The lowest BCUT2D eigenvalue weighted by molar-refractivity contribution is -0.384. The van der Waals surface area contributed by atoms with Crippen LogP contribution in [0.25, 0.3) is 0 Å². The van der Waals surface area contributed by atoms with Gasteiger partial charge in [-0.2, -0.15) is 0 Å². The molecule has 1 aromatic rings. The van der Waals surface area contributed by atoms with Crippen LogP contribution in [0.3, 0.4) is 0 Å². The van der Waals surface area contributed by atoms with Crippen LogP contribution in [0.4, 0.5) is 11.4 Å². The molecular weight excluding hydrogens is 282 g/mol. The molecule has 1 heterocycles. The quantitative estimate of drug-likeness (QED) is 0.597. The third kappa shape index (κ3) is 4.42. The fourth-order valence-electron chi connectivity index (χ4n) is 2.68. The van der Waals surface area contributed by atoms with E-state index in [1.165, 1.54) is 0 Å². The lowest BCUT2D eigenvalue weighted by Crippen LogP contribution is -2.47. The Hall–Kier alpha value is -1.66. The van der Waals surface area contributed by atoms with Crippen molar-refractivity contribution in [3.05, 3.63) is 33.9 Å². The lowest BCUT2D eigenvalue weighted by atomic mass is 10.1. The van der Waals surface area contributed by atoms with Crippen molar-refractivity contribution in [2.45, 2.75) is 26.9 Å². The smallest absolute Gasteiger partial charge is 0.292 e. The first-order chi connectivity index (χ1) is 10.5. The summed E-state index contributed by atoms with van der Waals surface area (Å²) in [6.45, 7) is 11.0. The van der Waals surface area contributed by atoms with Crippen LogP contribution < -0.4 is 4.90 Å². The van der Waals surface area contributed by atoms with Crippen LogP contribution in [0.2, 0.25) is 0 Å². The molecule has 1 saturated heterocycles. The van der Waals surface area contributed by atoms with Gasteiger partial charge in [-0.1, -0.05) is 6.07 Å². The van der Waals surface area contributed by atoms with Gasteiger partial charge in [0, 0.05) is 38.8 Å². The van der Waals surface area contributed by atoms with Crippen LogP contribution in [0.5, 0.6) is 0 Å². The van der Waals surface area contributed by atoms with Gasteiger partial charge in [0.1, 0.15) is 5.69 Å². The van der Waals surface area contributed by atoms with E-state index in [0.717, 1.165) is 50.6 Å². The van der Waals surface area contributed by atoms with Crippen molar-refractivity contribution in [2.75, 3.05) is 44.2 Å². The zero-order valence-electron chi connectivity index (χ0n) is 13.6. The minimum absolute atomic E-state index is 0.205. The third-order valence-electron chi connectivity index (χ3n) is 3.90. The Morgan fingerprint density at radius 1 is 1.27 bits per heavy atom. The maximum Gasteiger partial charge on any atom is 0.292 e. The second-order valence-corrected chi connectivity index (χ2v) is 6.00. The SMILES string of the molecule is Cc1ccc(N2CCN(CCOC(C)C)CC2)c([N+](=O)[O-])c1. The molecule has 0 atom stereocenters. The van der Waals surface area contributed by atoms with Gasteiger partial charge in [-0.05, 0) is 32.4 Å². The summed E-state index contributed by atoms with van der Waals surface area (Å²) in [4.78, 5) is 15.4. The maximum atomic E-state index is 11.2. The normalized spacial score (nSPS) is 16.3. The van der Waals surface area contributed by atoms with Crippen molar-refractivity contribution in [3.8, 4) is 0 Å². The van der Waals surface area contributed by atoms with Crippen molar-refractivity contribution in [3.63, 3.8) is 0 Å². The Labute approximate surface area is 131 Å². The number of anilines is 1. The summed E-state index contributed by atoms with van der Waals surface area (Å²) in [5.41, 5.74) is 1.85. The van der Waals surface area contributed by atoms with E-state index in [4.69, 9.17) is 4.74 Å². The molecule has 0 bridgehead atoms. The second-order valence-electron chi connectivity index (χ2n) is 6.00. The van der Waals surface area contributed by atoms with E-state index >= 15 is 0 Å². The Bertz CT molecular complexity index is 511. The van der Waals surface area contributed by atoms with Crippen LogP contribution in [0.1, 0.15) is 19.4 Å². The minimum Gasteiger partial charge on any atom is -0.377 e. The highest BCUT2D eigenvalue weighted by molar-refractivity contribution is 5.64. The predicted octanol–water partition coefficient (Wildman–Crippen LogP) is 2.45. The van der Waals surface area contributed by atoms with Gasteiger partial charge in [-0.25, -0.2) is 0 Å². The fourth-order valence-corrected chi connectivity index (χ4v) is 2.68. The standard InChI is InChI=1S/C16H25N3O3/c1-13(2)22-11-10-17-6-8-18(9-7-17)15-5-4-14(3)12-16(15)19(20)21/h4-5,12-13H,6-11H2,1-3H3. The fraction of sp³-hybridized carbons (Fsp3) is 0.625. The Morgan fingerprint density at radius 3 is 2.55 bits per heavy atom. The maximum absolute atomic E-state index is 11.2. The van der Waals surface area contributed by atoms with Gasteiger partial charge < -0.3 is 9.64 Å². The van der Waals surface area contributed by atoms with Crippen LogP contribution in [0.15, 0.2) is 18.2 Å². The number of nitro groups is 1. The van der Waals surface area contributed by atoms with E-state index < -0.39 is 0 Å². The van der Waals surface area contributed by atoms with Crippen LogP contribution in [-0.4, -0.2) is 55.3 Å². The van der Waals surface area contributed by atoms with Gasteiger partial charge in [0.25, 0.3) is 5.69 Å². The molecule has 0 unspecified atom stereocenters. The first-order valence-corrected chi connectivity index (χ1v) is 7.81. The molecule has 0 saturated carbocycles. The highest BCUT2D eigenvalue weighted by Crippen LogP contribution is 2.29. The van der Waals surface area contributed by atoms with Crippen molar-refractivity contribution in [2.24, 2.45) is 0 Å². The van der Waals surface area contributed by atoms with Crippen molar-refractivity contribution in [1.82, 2.24) is 4.90 Å². The summed E-state index contributed by atoms with van der Waals surface area (Å²) < 4.78 is 5.58. The first-order valence-electron chi connectivity index (χ1n) is 7.81. The molecule has 1 fully saturated rings. The van der Waals surface area contributed by atoms with Gasteiger partial charge >= 0.3 is 0 Å². The zero-order valence-corrected chi connectivity index (χ0v) is 13.6.